The highest BCUT2D eigenvalue weighted by Gasteiger charge is 2.34. The predicted octanol–water partition coefficient (Wildman–Crippen LogP) is 2.39. The summed E-state index contributed by atoms with van der Waals surface area (Å²) in [5, 5.41) is 17.2. The van der Waals surface area contributed by atoms with Crippen molar-refractivity contribution in [1.82, 2.24) is 20.4 Å². The van der Waals surface area contributed by atoms with Crippen LogP contribution in [0.25, 0.3) is 0 Å². The Hall–Kier alpha value is -2.41. The molecular weight excluding hydrogens is 320 g/mol. The van der Waals surface area contributed by atoms with Crippen LogP contribution in [0.15, 0.2) is 34.9 Å². The molecule has 1 aromatic carbocycles. The number of carbonyl (C=O) groups excluding carboxylic acids is 1. The summed E-state index contributed by atoms with van der Waals surface area (Å²) in [5.41, 5.74) is 0.223. The van der Waals surface area contributed by atoms with E-state index in [9.17, 15) is 9.90 Å². The highest BCUT2D eigenvalue weighted by Crippen LogP contribution is 2.30. The monoisotopic (exact) mass is 344 g/mol. The van der Waals surface area contributed by atoms with Gasteiger partial charge in [0.15, 0.2) is 5.82 Å². The molecule has 0 spiro atoms. The Kier molecular flexibility index (Phi) is 5.33. The highest BCUT2D eigenvalue weighted by atomic mass is 16.5. The second-order valence-electron chi connectivity index (χ2n) is 6.67. The maximum Gasteiger partial charge on any atom is 0.318 e. The molecule has 2 amide bonds. The number of aliphatic hydroxyl groups is 1. The van der Waals surface area contributed by atoms with E-state index in [0.29, 0.717) is 24.8 Å². The topological polar surface area (TPSA) is 91.5 Å². The van der Waals surface area contributed by atoms with Crippen LogP contribution in [0.4, 0.5) is 4.79 Å². The average molecular weight is 344 g/mol. The van der Waals surface area contributed by atoms with Gasteiger partial charge < -0.3 is 19.8 Å². The van der Waals surface area contributed by atoms with E-state index < -0.39 is 5.60 Å². The van der Waals surface area contributed by atoms with Crippen molar-refractivity contribution in [2.45, 2.75) is 51.3 Å². The lowest BCUT2D eigenvalue weighted by Gasteiger charge is -2.31. The van der Waals surface area contributed by atoms with Crippen LogP contribution in [0.5, 0.6) is 0 Å². The van der Waals surface area contributed by atoms with Crippen LogP contribution < -0.4 is 5.32 Å². The summed E-state index contributed by atoms with van der Waals surface area (Å²) in [5.74, 6) is 0.899. The summed E-state index contributed by atoms with van der Waals surface area (Å²) >= 11 is 0. The van der Waals surface area contributed by atoms with Crippen molar-refractivity contribution in [2.75, 3.05) is 6.54 Å². The fraction of sp³-hybridized carbons (Fsp3) is 0.500. The SMILES string of the molecule is Cc1noc(CNC(=O)N(Cc2ccccc2)CC2(O)CCCC2)n1. The normalized spacial score (nSPS) is 15.9. The number of hydrogen-bond donors (Lipinski definition) is 2. The van der Waals surface area contributed by atoms with Gasteiger partial charge in [0.1, 0.15) is 0 Å². The molecule has 3 rings (SSSR count). The lowest BCUT2D eigenvalue weighted by atomic mass is 10.0. The summed E-state index contributed by atoms with van der Waals surface area (Å²) in [7, 11) is 0. The van der Waals surface area contributed by atoms with Gasteiger partial charge in [-0.2, -0.15) is 4.98 Å². The Morgan fingerprint density at radius 2 is 2.04 bits per heavy atom. The molecule has 0 bridgehead atoms. The molecule has 7 nitrogen and oxygen atoms in total. The number of aromatic nitrogens is 2. The minimum absolute atomic E-state index is 0.170. The van der Waals surface area contributed by atoms with Crippen LogP contribution in [0.3, 0.4) is 0 Å². The Balaban J connectivity index is 1.66. The van der Waals surface area contributed by atoms with Crippen molar-refractivity contribution in [3.8, 4) is 0 Å². The quantitative estimate of drug-likeness (QED) is 0.839. The minimum Gasteiger partial charge on any atom is -0.388 e. The minimum atomic E-state index is -0.798. The van der Waals surface area contributed by atoms with Gasteiger partial charge in [-0.15, -0.1) is 0 Å². The van der Waals surface area contributed by atoms with E-state index in [0.717, 1.165) is 31.2 Å². The first kappa shape index (κ1) is 17.4. The molecule has 2 N–H and O–H groups in total. The van der Waals surface area contributed by atoms with Gasteiger partial charge in [-0.25, -0.2) is 4.79 Å². The molecule has 0 saturated heterocycles. The highest BCUT2D eigenvalue weighted by molar-refractivity contribution is 5.74. The molecular formula is C18H24N4O3. The predicted molar refractivity (Wildman–Crippen MR) is 91.5 cm³/mol. The zero-order valence-corrected chi connectivity index (χ0v) is 14.4. The number of aryl methyl sites for hydroxylation is 1. The number of rotatable bonds is 6. The third-order valence-corrected chi connectivity index (χ3v) is 4.48. The first-order chi connectivity index (χ1) is 12.0. The van der Waals surface area contributed by atoms with Gasteiger partial charge in [0.2, 0.25) is 5.89 Å². The van der Waals surface area contributed by atoms with Crippen molar-refractivity contribution >= 4 is 6.03 Å². The number of hydrogen-bond acceptors (Lipinski definition) is 5. The molecule has 1 saturated carbocycles. The maximum absolute atomic E-state index is 12.7. The van der Waals surface area contributed by atoms with Crippen molar-refractivity contribution in [2.24, 2.45) is 0 Å². The molecule has 134 valence electrons. The van der Waals surface area contributed by atoms with Crippen LogP contribution >= 0.6 is 0 Å². The van der Waals surface area contributed by atoms with E-state index in [4.69, 9.17) is 4.52 Å². The third kappa shape index (κ3) is 4.79. The second kappa shape index (κ2) is 7.65. The van der Waals surface area contributed by atoms with Crippen molar-refractivity contribution in [1.29, 1.82) is 0 Å². The molecule has 1 aliphatic rings. The van der Waals surface area contributed by atoms with Gasteiger partial charge >= 0.3 is 6.03 Å². The van der Waals surface area contributed by atoms with Crippen LogP contribution in [-0.2, 0) is 13.1 Å². The van der Waals surface area contributed by atoms with Crippen molar-refractivity contribution in [3.05, 3.63) is 47.6 Å². The third-order valence-electron chi connectivity index (χ3n) is 4.48. The number of carbonyl (C=O) groups is 1. The Bertz CT molecular complexity index is 695. The lowest BCUT2D eigenvalue weighted by Crippen LogP contribution is -2.47. The summed E-state index contributed by atoms with van der Waals surface area (Å²) in [4.78, 5) is 18.4. The molecule has 1 heterocycles. The molecule has 7 heteroatoms. The molecule has 1 fully saturated rings. The number of benzene rings is 1. The van der Waals surface area contributed by atoms with Crippen molar-refractivity contribution < 1.29 is 14.4 Å². The number of urea groups is 1. The van der Waals surface area contributed by atoms with E-state index in [1.54, 1.807) is 11.8 Å². The Labute approximate surface area is 147 Å². The smallest absolute Gasteiger partial charge is 0.318 e. The van der Waals surface area contributed by atoms with Gasteiger partial charge in [-0.1, -0.05) is 48.3 Å². The molecule has 1 aromatic heterocycles. The summed E-state index contributed by atoms with van der Waals surface area (Å²) < 4.78 is 5.02. The molecule has 0 aliphatic heterocycles. The zero-order valence-electron chi connectivity index (χ0n) is 14.4. The van der Waals surface area contributed by atoms with Crippen LogP contribution in [-0.4, -0.2) is 38.3 Å². The summed E-state index contributed by atoms with van der Waals surface area (Å²) in [6.45, 7) is 2.66. The molecule has 0 unspecified atom stereocenters. The standard InChI is InChI=1S/C18H24N4O3/c1-14-20-16(25-21-14)11-19-17(23)22(12-15-7-3-2-4-8-15)13-18(24)9-5-6-10-18/h2-4,7-8,24H,5-6,9-13H2,1H3,(H,19,23). The lowest BCUT2D eigenvalue weighted by molar-refractivity contribution is 0.0174. The van der Waals surface area contributed by atoms with E-state index in [-0.39, 0.29) is 12.6 Å². The maximum atomic E-state index is 12.7. The molecule has 1 aliphatic carbocycles. The summed E-state index contributed by atoms with van der Waals surface area (Å²) in [6, 6.07) is 9.52. The van der Waals surface area contributed by atoms with Crippen molar-refractivity contribution in [3.63, 3.8) is 0 Å². The van der Waals surface area contributed by atoms with E-state index in [2.05, 4.69) is 15.5 Å². The Morgan fingerprint density at radius 1 is 1.32 bits per heavy atom. The first-order valence-corrected chi connectivity index (χ1v) is 8.62. The second-order valence-corrected chi connectivity index (χ2v) is 6.67. The van der Waals surface area contributed by atoms with Gasteiger partial charge in [-0.05, 0) is 25.3 Å². The summed E-state index contributed by atoms with van der Waals surface area (Å²) in [6.07, 6.45) is 3.46. The fourth-order valence-electron chi connectivity index (χ4n) is 3.22. The first-order valence-electron chi connectivity index (χ1n) is 8.62. The molecule has 2 aromatic rings. The van der Waals surface area contributed by atoms with E-state index >= 15 is 0 Å². The van der Waals surface area contributed by atoms with Gasteiger partial charge in [0.25, 0.3) is 0 Å². The number of amides is 2. The van der Waals surface area contributed by atoms with Crippen LogP contribution in [0.2, 0.25) is 0 Å². The van der Waals surface area contributed by atoms with Crippen LogP contribution in [0.1, 0.15) is 43.0 Å². The molecule has 25 heavy (non-hydrogen) atoms. The largest absolute Gasteiger partial charge is 0.388 e. The van der Waals surface area contributed by atoms with Gasteiger partial charge in [0.05, 0.1) is 18.7 Å². The zero-order chi connectivity index (χ0) is 17.7. The molecule has 0 atom stereocenters. The fourth-order valence-corrected chi connectivity index (χ4v) is 3.22. The number of nitrogens with one attached hydrogen (secondary N) is 1. The average Bonchev–Trinajstić information content (AvgIpc) is 3.21. The Morgan fingerprint density at radius 3 is 2.68 bits per heavy atom. The van der Waals surface area contributed by atoms with Crippen LogP contribution in [0, 0.1) is 6.92 Å². The number of nitrogens with zero attached hydrogens (tertiary/aromatic N) is 3. The van der Waals surface area contributed by atoms with Gasteiger partial charge in [0, 0.05) is 6.54 Å². The van der Waals surface area contributed by atoms with E-state index in [1.165, 1.54) is 0 Å². The molecule has 0 radical (unpaired) electrons. The van der Waals surface area contributed by atoms with Gasteiger partial charge in [-0.3, -0.25) is 0 Å². The van der Waals surface area contributed by atoms with E-state index in [1.807, 2.05) is 30.3 Å².